The maximum absolute atomic E-state index is 10.6. The number of rotatable bonds is 1. The number of nitrogens with one attached hydrogen (secondary N) is 1. The molecule has 0 saturated heterocycles. The molecule has 0 radical (unpaired) electrons. The van der Waals surface area contributed by atoms with Crippen molar-refractivity contribution in [3.05, 3.63) is 34.4 Å². The van der Waals surface area contributed by atoms with E-state index in [0.717, 1.165) is 4.90 Å². The van der Waals surface area contributed by atoms with Crippen LogP contribution in [0.5, 0.6) is 0 Å². The first-order valence-electron chi connectivity index (χ1n) is 3.86. The fraction of sp³-hybridized carbons (Fsp3) is 0.286. The van der Waals surface area contributed by atoms with Gasteiger partial charge in [-0.1, -0.05) is 0 Å². The van der Waals surface area contributed by atoms with Crippen molar-refractivity contribution < 1.29 is 9.82 Å². The van der Waals surface area contributed by atoms with Crippen LogP contribution >= 0.6 is 0 Å². The Bertz CT molecular complexity index is 344. The van der Waals surface area contributed by atoms with Gasteiger partial charge in [0.1, 0.15) is 6.20 Å². The number of fused-ring (bicyclic) bond motifs is 1. The Kier molecular flexibility index (Phi) is 1.63. The average Bonchev–Trinajstić information content (AvgIpc) is 2.49. The summed E-state index contributed by atoms with van der Waals surface area (Å²) in [6, 6.07) is 0. The smallest absolute Gasteiger partial charge is 0.327 e. The monoisotopic (exact) mass is 181 g/mol. The molecule has 13 heavy (non-hydrogen) atoms. The van der Waals surface area contributed by atoms with Gasteiger partial charge < -0.3 is 4.90 Å². The summed E-state index contributed by atoms with van der Waals surface area (Å²) in [6.45, 7) is 0.687. The van der Waals surface area contributed by atoms with E-state index >= 15 is 0 Å². The molecule has 0 bridgehead atoms. The molecule has 1 unspecified atom stereocenters. The van der Waals surface area contributed by atoms with E-state index in [9.17, 15) is 10.1 Å². The Labute approximate surface area is 74.6 Å². The maximum Gasteiger partial charge on any atom is 0.366 e. The summed E-state index contributed by atoms with van der Waals surface area (Å²) >= 11 is 0. The van der Waals surface area contributed by atoms with Gasteiger partial charge in [0.15, 0.2) is 6.67 Å². The van der Waals surface area contributed by atoms with Crippen LogP contribution in [0.15, 0.2) is 29.3 Å². The Morgan fingerprint density at radius 1 is 1.77 bits per heavy atom. The molecule has 0 aromatic rings. The predicted molar refractivity (Wildman–Crippen MR) is 45.2 cm³/mol. The van der Waals surface area contributed by atoms with E-state index < -0.39 is 4.92 Å². The minimum Gasteiger partial charge on any atom is -0.327 e. The number of nitro groups is 1. The first-order valence-corrected chi connectivity index (χ1v) is 3.86. The Morgan fingerprint density at radius 3 is 3.23 bits per heavy atom. The zero-order valence-corrected chi connectivity index (χ0v) is 7.10. The molecule has 0 aromatic carbocycles. The van der Waals surface area contributed by atoms with Gasteiger partial charge in [-0.05, 0) is 0 Å². The fourth-order valence-corrected chi connectivity index (χ4v) is 1.44. The molecular weight excluding hydrogens is 172 g/mol. The summed E-state index contributed by atoms with van der Waals surface area (Å²) in [5.41, 5.74) is 0.0775. The highest BCUT2D eigenvalue weighted by atomic mass is 16.6. The van der Waals surface area contributed by atoms with Crippen LogP contribution in [0.1, 0.15) is 0 Å². The van der Waals surface area contributed by atoms with Crippen molar-refractivity contribution in [1.82, 2.24) is 4.90 Å². The third kappa shape index (κ3) is 1.20. The van der Waals surface area contributed by atoms with Crippen molar-refractivity contribution in [2.45, 2.75) is 0 Å². The van der Waals surface area contributed by atoms with Crippen LogP contribution in [0.2, 0.25) is 0 Å². The van der Waals surface area contributed by atoms with Gasteiger partial charge in [-0.3, -0.25) is 10.1 Å². The van der Waals surface area contributed by atoms with Gasteiger partial charge in [-0.2, -0.15) is 4.99 Å². The number of nitrogens with zero attached hydrogens (tertiary/aromatic N) is 3. The molecule has 6 nitrogen and oxygen atoms in total. The lowest BCUT2D eigenvalue weighted by molar-refractivity contribution is -0.762. The average molecular weight is 181 g/mol. The van der Waals surface area contributed by atoms with Crippen LogP contribution in [-0.4, -0.2) is 29.4 Å². The van der Waals surface area contributed by atoms with Gasteiger partial charge in [-0.25, -0.2) is 4.90 Å². The Morgan fingerprint density at radius 2 is 2.54 bits per heavy atom. The fourth-order valence-electron chi connectivity index (χ4n) is 1.44. The molecule has 1 atom stereocenters. The minimum atomic E-state index is -0.401. The van der Waals surface area contributed by atoms with Crippen molar-refractivity contribution in [2.75, 3.05) is 13.7 Å². The summed E-state index contributed by atoms with van der Waals surface area (Å²) in [6.07, 6.45) is 4.92. The van der Waals surface area contributed by atoms with Crippen molar-refractivity contribution in [2.24, 2.45) is 4.99 Å². The lowest BCUT2D eigenvalue weighted by atomic mass is 10.3. The lowest BCUT2D eigenvalue weighted by Crippen LogP contribution is -3.12. The Hall–Kier alpha value is -1.69. The van der Waals surface area contributed by atoms with Gasteiger partial charge >= 0.3 is 11.5 Å². The molecule has 2 aliphatic heterocycles. The lowest BCUT2D eigenvalue weighted by Gasteiger charge is -2.21. The first kappa shape index (κ1) is 7.93. The molecule has 0 aromatic heterocycles. The van der Waals surface area contributed by atoms with Crippen LogP contribution in [0.3, 0.4) is 0 Å². The molecule has 0 fully saturated rings. The summed E-state index contributed by atoms with van der Waals surface area (Å²) in [5.74, 6) is 0.503. The molecule has 0 aliphatic carbocycles. The molecule has 2 rings (SSSR count). The highest BCUT2D eigenvalue weighted by molar-refractivity contribution is 5.90. The quantitative estimate of drug-likeness (QED) is 0.407. The molecule has 6 heteroatoms. The van der Waals surface area contributed by atoms with Crippen molar-refractivity contribution >= 4 is 5.84 Å². The van der Waals surface area contributed by atoms with E-state index in [-0.39, 0.29) is 5.70 Å². The highest BCUT2D eigenvalue weighted by Crippen LogP contribution is 2.04. The maximum atomic E-state index is 10.6. The van der Waals surface area contributed by atoms with Crippen molar-refractivity contribution in [3.8, 4) is 0 Å². The number of quaternary nitrogens is 1. The van der Waals surface area contributed by atoms with E-state index in [1.54, 1.807) is 18.1 Å². The summed E-state index contributed by atoms with van der Waals surface area (Å²) in [5, 5.41) is 10.6. The largest absolute Gasteiger partial charge is 0.366 e. The Balaban J connectivity index is 2.39. The molecule has 0 spiro atoms. The molecule has 2 aliphatic rings. The van der Waals surface area contributed by atoms with Crippen LogP contribution < -0.4 is 4.90 Å². The zero-order chi connectivity index (χ0) is 9.42. The van der Waals surface area contributed by atoms with Crippen molar-refractivity contribution in [1.29, 1.82) is 0 Å². The standard InChI is InChI=1S/C7H8N4O2/c1-9-4-6(11(12)13)7-8-2-3-10(7)5-9/h2-4H,5H2,1H3/p+1. The SMILES string of the molecule is CN1C=C([N+](=O)[O-])C2=NC=C[NH+]2C1. The molecule has 1 N–H and O–H groups in total. The van der Waals surface area contributed by atoms with Crippen LogP contribution in [-0.2, 0) is 0 Å². The molecule has 0 saturated carbocycles. The van der Waals surface area contributed by atoms with Gasteiger partial charge in [0.2, 0.25) is 0 Å². The molecular formula is C7H9N4O2+. The van der Waals surface area contributed by atoms with Crippen LogP contribution in [0.25, 0.3) is 0 Å². The topological polar surface area (TPSA) is 63.2 Å². The second-order valence-electron chi connectivity index (χ2n) is 3.01. The highest BCUT2D eigenvalue weighted by Gasteiger charge is 2.36. The predicted octanol–water partition coefficient (Wildman–Crippen LogP) is -1.22. The second kappa shape index (κ2) is 2.67. The number of aliphatic imine (C=N–C) groups is 1. The third-order valence-electron chi connectivity index (χ3n) is 1.99. The molecule has 68 valence electrons. The molecule has 0 amide bonds. The number of hydrogen-bond donors (Lipinski definition) is 1. The second-order valence-corrected chi connectivity index (χ2v) is 3.01. The van der Waals surface area contributed by atoms with E-state index in [0.29, 0.717) is 12.5 Å². The first-order chi connectivity index (χ1) is 6.18. The summed E-state index contributed by atoms with van der Waals surface area (Å²) in [4.78, 5) is 16.9. The third-order valence-corrected chi connectivity index (χ3v) is 1.99. The van der Waals surface area contributed by atoms with E-state index in [1.807, 2.05) is 6.20 Å². The van der Waals surface area contributed by atoms with Gasteiger partial charge in [0.25, 0.3) is 0 Å². The van der Waals surface area contributed by atoms with Crippen molar-refractivity contribution in [3.63, 3.8) is 0 Å². The van der Waals surface area contributed by atoms with E-state index in [2.05, 4.69) is 4.99 Å². The van der Waals surface area contributed by atoms with Gasteiger partial charge in [-0.15, -0.1) is 0 Å². The molecule has 2 heterocycles. The van der Waals surface area contributed by atoms with Crippen LogP contribution in [0.4, 0.5) is 0 Å². The van der Waals surface area contributed by atoms with E-state index in [1.165, 1.54) is 6.20 Å². The zero-order valence-electron chi connectivity index (χ0n) is 7.10. The van der Waals surface area contributed by atoms with Crippen LogP contribution in [0, 0.1) is 10.1 Å². The minimum absolute atomic E-state index is 0.0775. The summed E-state index contributed by atoms with van der Waals surface area (Å²) < 4.78 is 0. The van der Waals surface area contributed by atoms with Gasteiger partial charge in [0, 0.05) is 7.05 Å². The van der Waals surface area contributed by atoms with Gasteiger partial charge in [0.05, 0.1) is 17.3 Å². The van der Waals surface area contributed by atoms with E-state index in [4.69, 9.17) is 0 Å². The number of amidine groups is 1. The number of hydrogen-bond acceptors (Lipinski definition) is 4. The normalized spacial score (nSPS) is 25.3. The summed E-state index contributed by atoms with van der Waals surface area (Å²) in [7, 11) is 1.80.